The van der Waals surface area contributed by atoms with E-state index < -0.39 is 53.8 Å². The molecule has 0 nitrogen and oxygen atoms in total. The van der Waals surface area contributed by atoms with Gasteiger partial charge in [0.05, 0.1) is 20.9 Å². The quantitative estimate of drug-likeness (QED) is 0.0556. The molecule has 0 spiro atoms. The molecule has 0 N–H and O–H groups in total. The summed E-state index contributed by atoms with van der Waals surface area (Å²) in [6, 6.07) is 32.6. The standard InChI is InChI=1S/C19H18P.2C6F4I2.I3/c1-20(17-11-5-2-6-12-17,18-13-7-3-8-14-18)19-15-9-4-10-16-19;2*7-1-2(8)4(10)6(12)5(11)3(1)9;1-3-2/h2-16H,1H3;;;/q+1;;;-1. The van der Waals surface area contributed by atoms with E-state index >= 15 is 0 Å². The summed E-state index contributed by atoms with van der Waals surface area (Å²) in [4.78, 5) is 0. The molecule has 0 fully saturated rings. The molecule has 0 aliphatic carbocycles. The van der Waals surface area contributed by atoms with E-state index in [-0.39, 0.29) is 14.3 Å². The molecular weight excluding hydrogens is 1440 g/mol. The molecule has 47 heavy (non-hydrogen) atoms. The van der Waals surface area contributed by atoms with Crippen molar-refractivity contribution < 1.29 is 48.4 Å². The Morgan fingerprint density at radius 1 is 0.383 bits per heavy atom. The van der Waals surface area contributed by atoms with Gasteiger partial charge in [0.25, 0.3) is 0 Å². The third-order valence-electron chi connectivity index (χ3n) is 6.13. The van der Waals surface area contributed by atoms with Gasteiger partial charge in [-0.05, 0) is 127 Å². The van der Waals surface area contributed by atoms with Gasteiger partial charge in [-0.25, -0.2) is 35.1 Å². The summed E-state index contributed by atoms with van der Waals surface area (Å²) in [6.45, 7) is 2.41. The fourth-order valence-electron chi connectivity index (χ4n) is 3.78. The average Bonchev–Trinajstić information content (AvgIpc) is 3.11. The summed E-state index contributed by atoms with van der Waals surface area (Å²) in [5, 5.41) is 4.28. The molecule has 0 amide bonds. The Labute approximate surface area is 351 Å². The van der Waals surface area contributed by atoms with Crippen molar-refractivity contribution in [3.05, 3.63) is 152 Å². The number of hydrogen-bond acceptors (Lipinski definition) is 0. The Bertz CT molecular complexity index is 1390. The Morgan fingerprint density at radius 2 is 0.553 bits per heavy atom. The van der Waals surface area contributed by atoms with Gasteiger partial charge in [-0.2, -0.15) is 0 Å². The van der Waals surface area contributed by atoms with Gasteiger partial charge in [-0.3, -0.25) is 0 Å². The van der Waals surface area contributed by atoms with Gasteiger partial charge in [-0.15, -0.1) is 0 Å². The molecule has 0 saturated heterocycles. The average molecular weight is 1460 g/mol. The molecule has 5 aromatic carbocycles. The number of hydrogen-bond donors (Lipinski definition) is 0. The molecule has 0 radical (unpaired) electrons. The fraction of sp³-hybridized carbons (Fsp3) is 0.0323. The van der Waals surface area contributed by atoms with E-state index in [1.807, 2.05) is 0 Å². The zero-order chi connectivity index (χ0) is 35.5. The van der Waals surface area contributed by atoms with Crippen molar-refractivity contribution in [2.24, 2.45) is 0 Å². The van der Waals surface area contributed by atoms with Crippen molar-refractivity contribution >= 4 is 151 Å². The number of rotatable bonds is 3. The van der Waals surface area contributed by atoms with Gasteiger partial charge in [0, 0.05) is 0 Å². The molecule has 0 atom stereocenters. The zero-order valence-electron chi connectivity index (χ0n) is 23.3. The van der Waals surface area contributed by atoms with E-state index in [4.69, 9.17) is 0 Å². The normalized spacial score (nSPS) is 10.6. The number of benzene rings is 5. The Kier molecular flexibility index (Phi) is 20.3. The molecule has 5 aromatic rings. The molecule has 0 aliphatic rings. The first-order chi connectivity index (χ1) is 22.2. The van der Waals surface area contributed by atoms with Crippen molar-refractivity contribution in [3.8, 4) is 0 Å². The van der Waals surface area contributed by atoms with E-state index in [0.29, 0.717) is 13.3 Å². The van der Waals surface area contributed by atoms with E-state index in [1.165, 1.54) is 106 Å². The minimum absolute atomic E-state index is 0.246. The van der Waals surface area contributed by atoms with Crippen LogP contribution in [0.1, 0.15) is 0 Å². The van der Waals surface area contributed by atoms with Crippen LogP contribution >= 0.6 is 135 Å². The van der Waals surface area contributed by atoms with Gasteiger partial charge in [0.15, 0.2) is 46.5 Å². The predicted octanol–water partition coefficient (Wildman–Crippen LogP) is 9.29. The molecular formula is C31H18F8I7P. The van der Waals surface area contributed by atoms with Crippen LogP contribution in [-0.4, -0.2) is 6.66 Å². The van der Waals surface area contributed by atoms with Gasteiger partial charge in [0.2, 0.25) is 0 Å². The van der Waals surface area contributed by atoms with E-state index in [1.54, 1.807) is 0 Å². The van der Waals surface area contributed by atoms with Crippen molar-refractivity contribution in [3.63, 3.8) is 0 Å². The topological polar surface area (TPSA) is 0 Å². The van der Waals surface area contributed by atoms with Crippen molar-refractivity contribution in [1.82, 2.24) is 0 Å². The summed E-state index contributed by atoms with van der Waals surface area (Å²) in [5.74, 6) is -12.5. The first-order valence-electron chi connectivity index (χ1n) is 12.4. The van der Waals surface area contributed by atoms with Crippen molar-refractivity contribution in [2.75, 3.05) is 6.66 Å². The van der Waals surface area contributed by atoms with Gasteiger partial charge in [0.1, 0.15) is 23.2 Å². The molecule has 0 saturated carbocycles. The maximum atomic E-state index is 12.6. The SMILES string of the molecule is C[P+](c1ccccc1)(c1ccccc1)c1ccccc1.Fc1c(F)c(F)c(I)c(I)c1F.Fc1c(F)c(F)c(I)c(I)c1F.I[I-]I. The molecule has 0 aromatic heterocycles. The summed E-state index contributed by atoms with van der Waals surface area (Å²) in [6.07, 6.45) is 0. The predicted molar refractivity (Wildman–Crippen MR) is 223 cm³/mol. The second-order valence-electron chi connectivity index (χ2n) is 8.83. The van der Waals surface area contributed by atoms with Crippen LogP contribution in [0, 0.1) is 60.8 Å². The second kappa shape index (κ2) is 21.6. The third kappa shape index (κ3) is 11.5. The first kappa shape index (κ1) is 44.2. The number of halogens is 15. The van der Waals surface area contributed by atoms with Crippen LogP contribution in [0.3, 0.4) is 0 Å². The maximum absolute atomic E-state index is 12.6. The van der Waals surface area contributed by atoms with Crippen LogP contribution in [0.2, 0.25) is 0 Å². The third-order valence-corrected chi connectivity index (χ3v) is 16.2. The molecule has 252 valence electrons. The molecule has 5 rings (SSSR count). The minimum atomic E-state index is -1.77. The van der Waals surface area contributed by atoms with Crippen LogP contribution in [0.5, 0.6) is 0 Å². The molecule has 0 unspecified atom stereocenters. The summed E-state index contributed by atoms with van der Waals surface area (Å²) in [5.41, 5.74) is 0. The van der Waals surface area contributed by atoms with Crippen LogP contribution in [0.15, 0.2) is 91.0 Å². The van der Waals surface area contributed by atoms with Crippen LogP contribution in [0.25, 0.3) is 0 Å². The zero-order valence-corrected chi connectivity index (χ0v) is 39.3. The van der Waals surface area contributed by atoms with E-state index in [0.717, 1.165) is 0 Å². The summed E-state index contributed by atoms with van der Waals surface area (Å²) >= 11 is 10.9. The van der Waals surface area contributed by atoms with Crippen molar-refractivity contribution in [1.29, 1.82) is 0 Å². The van der Waals surface area contributed by atoms with Gasteiger partial charge in [-0.1, -0.05) is 54.6 Å². The van der Waals surface area contributed by atoms with Crippen molar-refractivity contribution in [2.45, 2.75) is 0 Å². The summed E-state index contributed by atoms with van der Waals surface area (Å²) in [7, 11) is -1.53. The molecule has 0 heterocycles. The van der Waals surface area contributed by atoms with E-state index in [2.05, 4.69) is 135 Å². The molecule has 0 aliphatic heterocycles. The summed E-state index contributed by atoms with van der Waals surface area (Å²) < 4.78 is 99.3. The Hall–Kier alpha value is 1.08. The Morgan fingerprint density at radius 3 is 0.723 bits per heavy atom. The molecule has 0 bridgehead atoms. The van der Waals surface area contributed by atoms with E-state index in [9.17, 15) is 35.1 Å². The van der Waals surface area contributed by atoms with Crippen LogP contribution < -0.4 is 29.2 Å². The van der Waals surface area contributed by atoms with Crippen LogP contribution in [-0.2, 0) is 0 Å². The van der Waals surface area contributed by atoms with Crippen LogP contribution in [0.4, 0.5) is 35.1 Å². The molecule has 16 heteroatoms. The van der Waals surface area contributed by atoms with Gasteiger partial charge < -0.3 is 0 Å². The first-order valence-corrected chi connectivity index (χ1v) is 31.5. The monoisotopic (exact) mass is 1460 g/mol. The second-order valence-corrected chi connectivity index (χ2v) is 33.0. The van der Waals surface area contributed by atoms with Gasteiger partial charge >= 0.3 is 50.5 Å². The fourth-order valence-corrected chi connectivity index (χ4v) is 8.88. The Balaban J connectivity index is 0.000000247.